The molecule has 1 aromatic heterocycles. The molecule has 8 heteroatoms. The molecule has 0 radical (unpaired) electrons. The SMILES string of the molecule is CCOC(=O)N1CCN(C(=O)Cc2nc(-c3cccc(OC)c3)oc2C)CC1. The van der Waals surface area contributed by atoms with Crippen LogP contribution in [0.2, 0.25) is 0 Å². The van der Waals surface area contributed by atoms with Gasteiger partial charge in [-0.1, -0.05) is 6.07 Å². The maximum atomic E-state index is 12.7. The van der Waals surface area contributed by atoms with Crippen molar-refractivity contribution in [3.8, 4) is 17.2 Å². The highest BCUT2D eigenvalue weighted by Gasteiger charge is 2.26. The fourth-order valence-electron chi connectivity index (χ4n) is 3.08. The van der Waals surface area contributed by atoms with Gasteiger partial charge in [0.2, 0.25) is 11.8 Å². The molecule has 1 saturated heterocycles. The van der Waals surface area contributed by atoms with E-state index in [4.69, 9.17) is 13.9 Å². The molecule has 1 aliphatic heterocycles. The number of benzene rings is 1. The van der Waals surface area contributed by atoms with Crippen molar-refractivity contribution in [2.24, 2.45) is 0 Å². The Bertz CT molecular complexity index is 840. The zero-order valence-electron chi connectivity index (χ0n) is 16.4. The summed E-state index contributed by atoms with van der Waals surface area (Å²) in [6.45, 7) is 5.83. The van der Waals surface area contributed by atoms with Crippen molar-refractivity contribution in [3.05, 3.63) is 35.7 Å². The molecule has 0 aliphatic carbocycles. The molecule has 1 aliphatic rings. The number of oxazole rings is 1. The summed E-state index contributed by atoms with van der Waals surface area (Å²) >= 11 is 0. The molecule has 0 unspecified atom stereocenters. The van der Waals surface area contributed by atoms with Gasteiger partial charge in [-0.2, -0.15) is 0 Å². The molecule has 0 saturated carbocycles. The number of amides is 2. The summed E-state index contributed by atoms with van der Waals surface area (Å²) in [5.74, 6) is 1.77. The number of piperazine rings is 1. The first-order valence-electron chi connectivity index (χ1n) is 9.32. The van der Waals surface area contributed by atoms with Crippen molar-refractivity contribution >= 4 is 12.0 Å². The molecule has 8 nitrogen and oxygen atoms in total. The van der Waals surface area contributed by atoms with Gasteiger partial charge in [0.25, 0.3) is 0 Å². The van der Waals surface area contributed by atoms with Crippen molar-refractivity contribution in [3.63, 3.8) is 0 Å². The van der Waals surface area contributed by atoms with E-state index in [0.717, 1.165) is 5.56 Å². The molecule has 150 valence electrons. The number of nitrogens with zero attached hydrogens (tertiary/aromatic N) is 3. The Morgan fingerprint density at radius 1 is 1.18 bits per heavy atom. The molecule has 3 rings (SSSR count). The van der Waals surface area contributed by atoms with Crippen LogP contribution in [0.1, 0.15) is 18.4 Å². The number of carbonyl (C=O) groups is 2. The minimum absolute atomic E-state index is 0.0305. The third-order valence-corrected chi connectivity index (χ3v) is 4.69. The van der Waals surface area contributed by atoms with Crippen LogP contribution >= 0.6 is 0 Å². The normalized spacial score (nSPS) is 14.1. The van der Waals surface area contributed by atoms with Crippen LogP contribution in [-0.4, -0.2) is 66.7 Å². The quantitative estimate of drug-likeness (QED) is 0.784. The second-order valence-corrected chi connectivity index (χ2v) is 6.50. The fourth-order valence-corrected chi connectivity index (χ4v) is 3.08. The van der Waals surface area contributed by atoms with E-state index < -0.39 is 0 Å². The van der Waals surface area contributed by atoms with Crippen molar-refractivity contribution in [1.29, 1.82) is 0 Å². The first kappa shape index (κ1) is 19.7. The predicted molar refractivity (Wildman–Crippen MR) is 102 cm³/mol. The first-order valence-corrected chi connectivity index (χ1v) is 9.32. The van der Waals surface area contributed by atoms with Crippen LogP contribution in [0.5, 0.6) is 5.75 Å². The molecule has 0 atom stereocenters. The van der Waals surface area contributed by atoms with Gasteiger partial charge in [0.1, 0.15) is 11.5 Å². The van der Waals surface area contributed by atoms with Crippen LogP contribution in [0, 0.1) is 6.92 Å². The minimum atomic E-state index is -0.329. The topological polar surface area (TPSA) is 85.1 Å². The average Bonchev–Trinajstić information content (AvgIpc) is 3.08. The second-order valence-electron chi connectivity index (χ2n) is 6.50. The minimum Gasteiger partial charge on any atom is -0.497 e. The molecule has 2 heterocycles. The number of methoxy groups -OCH3 is 1. The fraction of sp³-hybridized carbons (Fsp3) is 0.450. The van der Waals surface area contributed by atoms with E-state index in [9.17, 15) is 9.59 Å². The maximum Gasteiger partial charge on any atom is 0.409 e. The number of ether oxygens (including phenoxy) is 2. The van der Waals surface area contributed by atoms with E-state index in [1.807, 2.05) is 24.3 Å². The van der Waals surface area contributed by atoms with Gasteiger partial charge in [-0.05, 0) is 32.0 Å². The van der Waals surface area contributed by atoms with Crippen LogP contribution in [-0.2, 0) is 16.0 Å². The Hall–Kier alpha value is -3.03. The number of rotatable bonds is 5. The summed E-state index contributed by atoms with van der Waals surface area (Å²) in [5, 5.41) is 0. The van der Waals surface area contributed by atoms with E-state index in [0.29, 0.717) is 55.9 Å². The van der Waals surface area contributed by atoms with E-state index in [1.165, 1.54) is 0 Å². The van der Waals surface area contributed by atoms with Gasteiger partial charge in [-0.3, -0.25) is 4.79 Å². The van der Waals surface area contributed by atoms with Gasteiger partial charge < -0.3 is 23.7 Å². The summed E-state index contributed by atoms with van der Waals surface area (Å²) in [4.78, 5) is 32.3. The molecule has 1 fully saturated rings. The summed E-state index contributed by atoms with van der Waals surface area (Å²) in [6, 6.07) is 7.43. The summed E-state index contributed by atoms with van der Waals surface area (Å²) < 4.78 is 16.0. The number of hydrogen-bond acceptors (Lipinski definition) is 6. The van der Waals surface area contributed by atoms with Crippen LogP contribution in [0.15, 0.2) is 28.7 Å². The van der Waals surface area contributed by atoms with Gasteiger partial charge in [0.15, 0.2) is 0 Å². The van der Waals surface area contributed by atoms with E-state index in [2.05, 4.69) is 4.98 Å². The lowest BCUT2D eigenvalue weighted by Gasteiger charge is -2.34. The van der Waals surface area contributed by atoms with E-state index in [1.54, 1.807) is 30.8 Å². The van der Waals surface area contributed by atoms with Gasteiger partial charge in [0.05, 0.1) is 25.8 Å². The van der Waals surface area contributed by atoms with E-state index in [-0.39, 0.29) is 18.4 Å². The summed E-state index contributed by atoms with van der Waals surface area (Å²) in [5.41, 5.74) is 1.42. The van der Waals surface area contributed by atoms with Crippen molar-refractivity contribution in [1.82, 2.24) is 14.8 Å². The Morgan fingerprint density at radius 2 is 1.89 bits per heavy atom. The predicted octanol–water partition coefficient (Wildman–Crippen LogP) is 2.50. The van der Waals surface area contributed by atoms with E-state index >= 15 is 0 Å². The van der Waals surface area contributed by atoms with Gasteiger partial charge >= 0.3 is 6.09 Å². The van der Waals surface area contributed by atoms with Crippen LogP contribution in [0.3, 0.4) is 0 Å². The van der Waals surface area contributed by atoms with Gasteiger partial charge in [-0.15, -0.1) is 0 Å². The highest BCUT2D eigenvalue weighted by molar-refractivity contribution is 5.79. The molecule has 28 heavy (non-hydrogen) atoms. The second kappa shape index (κ2) is 8.77. The lowest BCUT2D eigenvalue weighted by Crippen LogP contribution is -2.51. The first-order chi connectivity index (χ1) is 13.5. The molecule has 2 amide bonds. The highest BCUT2D eigenvalue weighted by Crippen LogP contribution is 2.25. The van der Waals surface area contributed by atoms with Crippen LogP contribution < -0.4 is 4.74 Å². The zero-order valence-corrected chi connectivity index (χ0v) is 16.4. The Morgan fingerprint density at radius 3 is 2.57 bits per heavy atom. The lowest BCUT2D eigenvalue weighted by molar-refractivity contribution is -0.132. The zero-order chi connectivity index (χ0) is 20.1. The number of carbonyl (C=O) groups excluding carboxylic acids is 2. The van der Waals surface area contributed by atoms with Crippen molar-refractivity contribution < 1.29 is 23.5 Å². The molecular formula is C20H25N3O5. The molecule has 2 aromatic rings. The third kappa shape index (κ3) is 4.44. The smallest absolute Gasteiger partial charge is 0.409 e. The molecule has 1 aromatic carbocycles. The molecule has 0 N–H and O–H groups in total. The average molecular weight is 387 g/mol. The van der Waals surface area contributed by atoms with Crippen LogP contribution in [0.25, 0.3) is 11.5 Å². The largest absolute Gasteiger partial charge is 0.497 e. The van der Waals surface area contributed by atoms with Gasteiger partial charge in [0, 0.05) is 31.7 Å². The molecule has 0 bridgehead atoms. The highest BCUT2D eigenvalue weighted by atomic mass is 16.6. The maximum absolute atomic E-state index is 12.7. The third-order valence-electron chi connectivity index (χ3n) is 4.69. The standard InChI is InChI=1S/C20H25N3O5/c1-4-27-20(25)23-10-8-22(9-11-23)18(24)13-17-14(2)28-19(21-17)15-6-5-7-16(12-15)26-3/h5-7,12H,4,8-11,13H2,1-3H3. The molecule has 0 spiro atoms. The van der Waals surface area contributed by atoms with Gasteiger partial charge in [-0.25, -0.2) is 9.78 Å². The number of aromatic nitrogens is 1. The number of hydrogen-bond donors (Lipinski definition) is 0. The summed E-state index contributed by atoms with van der Waals surface area (Å²) in [6.07, 6.45) is -0.163. The van der Waals surface area contributed by atoms with Crippen molar-refractivity contribution in [2.75, 3.05) is 39.9 Å². The lowest BCUT2D eigenvalue weighted by atomic mass is 10.2. The Balaban J connectivity index is 1.62. The van der Waals surface area contributed by atoms with Crippen molar-refractivity contribution in [2.45, 2.75) is 20.3 Å². The monoisotopic (exact) mass is 387 g/mol. The number of aryl methyl sites for hydroxylation is 1. The Labute approximate surface area is 164 Å². The summed E-state index contributed by atoms with van der Waals surface area (Å²) in [7, 11) is 1.60. The Kier molecular flexibility index (Phi) is 6.18. The van der Waals surface area contributed by atoms with Crippen LogP contribution in [0.4, 0.5) is 4.79 Å². The molecular weight excluding hydrogens is 362 g/mol.